The number of nitrogens with one attached hydrogen (secondary N) is 2. The molecule has 24 heavy (non-hydrogen) atoms. The van der Waals surface area contributed by atoms with Gasteiger partial charge in [-0.3, -0.25) is 4.79 Å². The summed E-state index contributed by atoms with van der Waals surface area (Å²) < 4.78 is 4.79. The number of pyridine rings is 1. The van der Waals surface area contributed by atoms with E-state index < -0.39 is 12.0 Å². The molecule has 1 heterocycles. The number of hydrogen-bond donors (Lipinski definition) is 2. The van der Waals surface area contributed by atoms with Crippen LogP contribution in [0.4, 0.5) is 5.82 Å². The first-order chi connectivity index (χ1) is 11.7. The highest BCUT2D eigenvalue weighted by Gasteiger charge is 2.24. The monoisotopic (exact) mass is 325 g/mol. The summed E-state index contributed by atoms with van der Waals surface area (Å²) >= 11 is 0. The second-order valence-electron chi connectivity index (χ2n) is 5.69. The second kappa shape index (κ2) is 7.12. The Kier molecular flexibility index (Phi) is 4.74. The maximum Gasteiger partial charge on any atom is 0.333 e. The van der Waals surface area contributed by atoms with Crippen molar-refractivity contribution >= 4 is 17.7 Å². The van der Waals surface area contributed by atoms with Crippen molar-refractivity contribution in [3.8, 4) is 0 Å². The Morgan fingerprint density at radius 2 is 1.92 bits per heavy atom. The molecule has 6 nitrogen and oxygen atoms in total. The molecule has 1 saturated carbocycles. The van der Waals surface area contributed by atoms with Gasteiger partial charge in [0.2, 0.25) is 0 Å². The first kappa shape index (κ1) is 16.0. The van der Waals surface area contributed by atoms with Gasteiger partial charge in [0.1, 0.15) is 5.82 Å². The fourth-order valence-corrected chi connectivity index (χ4v) is 2.31. The van der Waals surface area contributed by atoms with Gasteiger partial charge in [0, 0.05) is 12.2 Å². The van der Waals surface area contributed by atoms with Gasteiger partial charge in [0.25, 0.3) is 5.91 Å². The molecule has 0 radical (unpaired) electrons. The zero-order chi connectivity index (χ0) is 16.9. The van der Waals surface area contributed by atoms with Crippen molar-refractivity contribution in [1.29, 1.82) is 0 Å². The number of benzene rings is 1. The molecule has 1 fully saturated rings. The van der Waals surface area contributed by atoms with Crippen LogP contribution in [0.1, 0.15) is 34.8 Å². The molecule has 3 rings (SSSR count). The van der Waals surface area contributed by atoms with Crippen molar-refractivity contribution in [2.45, 2.75) is 24.9 Å². The molecule has 1 aliphatic rings. The predicted molar refractivity (Wildman–Crippen MR) is 89.5 cm³/mol. The average molecular weight is 325 g/mol. The van der Waals surface area contributed by atoms with Crippen LogP contribution in [0.2, 0.25) is 0 Å². The van der Waals surface area contributed by atoms with Gasteiger partial charge in [0.15, 0.2) is 6.04 Å². The summed E-state index contributed by atoms with van der Waals surface area (Å²) in [6, 6.07) is 12.1. The van der Waals surface area contributed by atoms with E-state index in [2.05, 4.69) is 15.6 Å². The van der Waals surface area contributed by atoms with Crippen molar-refractivity contribution < 1.29 is 14.3 Å². The van der Waals surface area contributed by atoms with Crippen LogP contribution in [-0.4, -0.2) is 30.0 Å². The lowest BCUT2D eigenvalue weighted by molar-refractivity contribution is -0.143. The van der Waals surface area contributed by atoms with Crippen LogP contribution in [0.25, 0.3) is 0 Å². The molecule has 0 bridgehead atoms. The van der Waals surface area contributed by atoms with Gasteiger partial charge in [-0.05, 0) is 30.5 Å². The smallest absolute Gasteiger partial charge is 0.333 e. The maximum absolute atomic E-state index is 12.4. The first-order valence-electron chi connectivity index (χ1n) is 7.83. The SMILES string of the molecule is COC(=O)[C@H](NC(=O)c1ccc(NC2CC2)nc1)c1ccccc1. The lowest BCUT2D eigenvalue weighted by Crippen LogP contribution is -2.34. The molecular weight excluding hydrogens is 306 g/mol. The normalized spacial score (nSPS) is 14.5. The Morgan fingerprint density at radius 3 is 2.50 bits per heavy atom. The van der Waals surface area contributed by atoms with E-state index in [9.17, 15) is 9.59 Å². The quantitative estimate of drug-likeness (QED) is 0.797. The van der Waals surface area contributed by atoms with Gasteiger partial charge < -0.3 is 15.4 Å². The van der Waals surface area contributed by atoms with Gasteiger partial charge in [-0.25, -0.2) is 9.78 Å². The van der Waals surface area contributed by atoms with Crippen LogP contribution < -0.4 is 10.6 Å². The summed E-state index contributed by atoms with van der Waals surface area (Å²) in [7, 11) is 1.30. The minimum atomic E-state index is -0.854. The predicted octanol–water partition coefficient (Wildman–Crippen LogP) is 2.30. The largest absolute Gasteiger partial charge is 0.467 e. The number of carbonyl (C=O) groups excluding carboxylic acids is 2. The molecule has 0 aliphatic heterocycles. The standard InChI is InChI=1S/C18H19N3O3/c1-24-18(23)16(12-5-3-2-4-6-12)21-17(22)13-7-10-15(19-11-13)20-14-8-9-14/h2-7,10-11,14,16H,8-9H2,1H3,(H,19,20)(H,21,22)/t16-/m1/s1. The minimum Gasteiger partial charge on any atom is -0.467 e. The van der Waals surface area contributed by atoms with E-state index in [4.69, 9.17) is 4.74 Å². The molecule has 1 amide bonds. The highest BCUT2D eigenvalue weighted by molar-refractivity contribution is 5.96. The third-order valence-corrected chi connectivity index (χ3v) is 3.80. The number of amides is 1. The number of nitrogens with zero attached hydrogens (tertiary/aromatic N) is 1. The number of methoxy groups -OCH3 is 1. The number of ether oxygens (including phenoxy) is 1. The van der Waals surface area contributed by atoms with Crippen molar-refractivity contribution in [2.24, 2.45) is 0 Å². The Balaban J connectivity index is 1.71. The molecule has 0 unspecified atom stereocenters. The lowest BCUT2D eigenvalue weighted by atomic mass is 10.1. The van der Waals surface area contributed by atoms with Crippen LogP contribution in [0.15, 0.2) is 48.7 Å². The third kappa shape index (κ3) is 3.90. The topological polar surface area (TPSA) is 80.3 Å². The Bertz CT molecular complexity index is 712. The molecule has 1 aliphatic carbocycles. The van der Waals surface area contributed by atoms with E-state index in [1.807, 2.05) is 6.07 Å². The van der Waals surface area contributed by atoms with Crippen LogP contribution >= 0.6 is 0 Å². The van der Waals surface area contributed by atoms with E-state index in [0.717, 1.165) is 18.7 Å². The highest BCUT2D eigenvalue weighted by atomic mass is 16.5. The van der Waals surface area contributed by atoms with Crippen LogP contribution in [-0.2, 0) is 9.53 Å². The Morgan fingerprint density at radius 1 is 1.17 bits per heavy atom. The summed E-state index contributed by atoms with van der Waals surface area (Å²) in [5.41, 5.74) is 1.05. The molecule has 1 atom stereocenters. The van der Waals surface area contributed by atoms with Gasteiger partial charge in [-0.15, -0.1) is 0 Å². The molecule has 2 N–H and O–H groups in total. The lowest BCUT2D eigenvalue weighted by Gasteiger charge is -2.17. The second-order valence-corrected chi connectivity index (χ2v) is 5.69. The Labute approximate surface area is 140 Å². The van der Waals surface area contributed by atoms with E-state index in [1.54, 1.807) is 36.4 Å². The number of aromatic nitrogens is 1. The van der Waals surface area contributed by atoms with Crippen molar-refractivity contribution in [2.75, 3.05) is 12.4 Å². The van der Waals surface area contributed by atoms with Crippen molar-refractivity contribution in [1.82, 2.24) is 10.3 Å². The van der Waals surface area contributed by atoms with Crippen LogP contribution in [0.5, 0.6) is 0 Å². The van der Waals surface area contributed by atoms with E-state index in [0.29, 0.717) is 17.2 Å². The van der Waals surface area contributed by atoms with Gasteiger partial charge in [-0.1, -0.05) is 30.3 Å². The summed E-state index contributed by atoms with van der Waals surface area (Å²) in [6.07, 6.45) is 3.81. The summed E-state index contributed by atoms with van der Waals surface area (Å²) in [4.78, 5) is 28.7. The molecule has 2 aromatic rings. The summed E-state index contributed by atoms with van der Waals surface area (Å²) in [5.74, 6) is -0.143. The number of esters is 1. The zero-order valence-electron chi connectivity index (χ0n) is 13.4. The van der Waals surface area contributed by atoms with Gasteiger partial charge >= 0.3 is 5.97 Å². The molecule has 1 aromatic carbocycles. The number of rotatable bonds is 6. The van der Waals surface area contributed by atoms with E-state index in [1.165, 1.54) is 13.3 Å². The third-order valence-electron chi connectivity index (χ3n) is 3.80. The Hall–Kier alpha value is -2.89. The average Bonchev–Trinajstić information content (AvgIpc) is 3.44. The molecule has 6 heteroatoms. The van der Waals surface area contributed by atoms with Crippen LogP contribution in [0, 0.1) is 0 Å². The first-order valence-corrected chi connectivity index (χ1v) is 7.83. The fourth-order valence-electron chi connectivity index (χ4n) is 2.31. The highest BCUT2D eigenvalue weighted by Crippen LogP contribution is 2.23. The number of anilines is 1. The van der Waals surface area contributed by atoms with Crippen molar-refractivity contribution in [3.63, 3.8) is 0 Å². The van der Waals surface area contributed by atoms with E-state index >= 15 is 0 Å². The van der Waals surface area contributed by atoms with Crippen LogP contribution in [0.3, 0.4) is 0 Å². The molecule has 124 valence electrons. The molecule has 0 saturated heterocycles. The molecule has 1 aromatic heterocycles. The number of carbonyl (C=O) groups is 2. The fraction of sp³-hybridized carbons (Fsp3) is 0.278. The summed E-state index contributed by atoms with van der Waals surface area (Å²) in [5, 5.41) is 5.96. The zero-order valence-corrected chi connectivity index (χ0v) is 13.4. The van der Waals surface area contributed by atoms with Crippen molar-refractivity contribution in [3.05, 3.63) is 59.8 Å². The molecule has 0 spiro atoms. The maximum atomic E-state index is 12.4. The van der Waals surface area contributed by atoms with E-state index in [-0.39, 0.29) is 5.91 Å². The molecular formula is C18H19N3O3. The van der Waals surface area contributed by atoms with Gasteiger partial charge in [-0.2, -0.15) is 0 Å². The summed E-state index contributed by atoms with van der Waals surface area (Å²) in [6.45, 7) is 0. The minimum absolute atomic E-state index is 0.375. The number of hydrogen-bond acceptors (Lipinski definition) is 5. The van der Waals surface area contributed by atoms with Gasteiger partial charge in [0.05, 0.1) is 12.7 Å².